The number of methoxy groups -OCH3 is 2. The number of esters is 1. The Labute approximate surface area is 124 Å². The molecule has 0 N–H and O–H groups in total. The summed E-state index contributed by atoms with van der Waals surface area (Å²) < 4.78 is 10.0. The Balaban J connectivity index is 1.84. The van der Waals surface area contributed by atoms with Gasteiger partial charge in [0.25, 0.3) is 0 Å². The maximum absolute atomic E-state index is 11.4. The van der Waals surface area contributed by atoms with Crippen LogP contribution in [0.2, 0.25) is 0 Å². The van der Waals surface area contributed by atoms with Gasteiger partial charge >= 0.3 is 5.97 Å². The highest BCUT2D eigenvalue weighted by Gasteiger charge is 2.44. The van der Waals surface area contributed by atoms with Crippen LogP contribution in [-0.4, -0.2) is 30.9 Å². The maximum atomic E-state index is 11.4. The summed E-state index contributed by atoms with van der Waals surface area (Å²) in [4.78, 5) is 15.9. The number of carbonyl (C=O) groups is 1. The first-order chi connectivity index (χ1) is 9.57. The van der Waals surface area contributed by atoms with Gasteiger partial charge in [0.2, 0.25) is 0 Å². The first-order valence-electron chi connectivity index (χ1n) is 6.73. The van der Waals surface area contributed by atoms with E-state index < -0.39 is 0 Å². The van der Waals surface area contributed by atoms with Crippen molar-refractivity contribution in [3.8, 4) is 5.75 Å². The number of ether oxygens (including phenoxy) is 2. The highest BCUT2D eigenvalue weighted by molar-refractivity contribution is 7.98. The molecule has 0 aromatic carbocycles. The average molecular weight is 295 g/mol. The standard InChI is InChI=1S/C15H21NO3S/c1-11-6-13(18-2)7-12(16-11)9-20-10-15(4-5-15)8-14(17)19-3/h6-7H,4-5,8-10H2,1-3H3. The lowest BCUT2D eigenvalue weighted by atomic mass is 10.1. The number of pyridine rings is 1. The van der Waals surface area contributed by atoms with Gasteiger partial charge in [-0.25, -0.2) is 0 Å². The first-order valence-corrected chi connectivity index (χ1v) is 7.88. The molecule has 0 spiro atoms. The van der Waals surface area contributed by atoms with Crippen molar-refractivity contribution >= 4 is 17.7 Å². The molecule has 0 bridgehead atoms. The van der Waals surface area contributed by atoms with Crippen molar-refractivity contribution in [2.24, 2.45) is 5.41 Å². The fourth-order valence-corrected chi connectivity index (χ4v) is 3.48. The summed E-state index contributed by atoms with van der Waals surface area (Å²) >= 11 is 1.83. The molecule has 1 saturated carbocycles. The third-order valence-corrected chi connectivity index (χ3v) is 4.89. The summed E-state index contributed by atoms with van der Waals surface area (Å²) in [7, 11) is 3.12. The zero-order valence-corrected chi connectivity index (χ0v) is 13.1. The van der Waals surface area contributed by atoms with Gasteiger partial charge in [0.15, 0.2) is 0 Å². The van der Waals surface area contributed by atoms with Gasteiger partial charge in [-0.1, -0.05) is 0 Å². The van der Waals surface area contributed by atoms with Crippen LogP contribution in [0.25, 0.3) is 0 Å². The Morgan fingerprint density at radius 3 is 2.75 bits per heavy atom. The van der Waals surface area contributed by atoms with Crippen LogP contribution in [-0.2, 0) is 15.3 Å². The second-order valence-electron chi connectivity index (χ2n) is 5.39. The van der Waals surface area contributed by atoms with E-state index in [9.17, 15) is 4.79 Å². The fourth-order valence-electron chi connectivity index (χ4n) is 2.19. The van der Waals surface area contributed by atoms with Crippen LogP contribution in [0.15, 0.2) is 12.1 Å². The SMILES string of the molecule is COC(=O)CC1(CSCc2cc(OC)cc(C)n2)CC1. The average Bonchev–Trinajstić information content (AvgIpc) is 3.17. The van der Waals surface area contributed by atoms with E-state index >= 15 is 0 Å². The van der Waals surface area contributed by atoms with Gasteiger partial charge in [0.05, 0.1) is 26.3 Å². The quantitative estimate of drug-likeness (QED) is 0.724. The number of hydrogen-bond donors (Lipinski definition) is 0. The highest BCUT2D eigenvalue weighted by Crippen LogP contribution is 2.51. The third-order valence-electron chi connectivity index (χ3n) is 3.58. The van der Waals surface area contributed by atoms with Crippen LogP contribution in [0.3, 0.4) is 0 Å². The Morgan fingerprint density at radius 2 is 2.15 bits per heavy atom. The highest BCUT2D eigenvalue weighted by atomic mass is 32.2. The van der Waals surface area contributed by atoms with Crippen molar-refractivity contribution < 1.29 is 14.3 Å². The lowest BCUT2D eigenvalue weighted by Crippen LogP contribution is -2.13. The molecule has 110 valence electrons. The number of nitrogens with zero attached hydrogens (tertiary/aromatic N) is 1. The summed E-state index contributed by atoms with van der Waals surface area (Å²) in [5.41, 5.74) is 2.17. The summed E-state index contributed by atoms with van der Waals surface area (Å²) in [6.45, 7) is 1.97. The topological polar surface area (TPSA) is 48.4 Å². The second-order valence-corrected chi connectivity index (χ2v) is 6.37. The Morgan fingerprint density at radius 1 is 1.40 bits per heavy atom. The van der Waals surface area contributed by atoms with E-state index in [2.05, 4.69) is 4.98 Å². The molecule has 0 saturated heterocycles. The number of aryl methyl sites for hydroxylation is 1. The van der Waals surface area contributed by atoms with Gasteiger partial charge in [-0.05, 0) is 30.9 Å². The predicted octanol–water partition coefficient (Wildman–Crippen LogP) is 2.98. The van der Waals surface area contributed by atoms with Gasteiger partial charge in [-0.15, -0.1) is 0 Å². The Hall–Kier alpha value is -1.23. The molecular formula is C15H21NO3S. The molecule has 1 aliphatic carbocycles. The number of hydrogen-bond acceptors (Lipinski definition) is 5. The molecule has 0 radical (unpaired) electrons. The predicted molar refractivity (Wildman–Crippen MR) is 80.0 cm³/mol. The minimum atomic E-state index is -0.0987. The molecule has 0 unspecified atom stereocenters. The number of thioether (sulfide) groups is 1. The molecule has 4 nitrogen and oxygen atoms in total. The van der Waals surface area contributed by atoms with Crippen molar-refractivity contribution in [1.29, 1.82) is 0 Å². The molecule has 0 aliphatic heterocycles. The van der Waals surface area contributed by atoms with Crippen molar-refractivity contribution in [2.45, 2.75) is 31.9 Å². The molecule has 1 aliphatic rings. The molecule has 20 heavy (non-hydrogen) atoms. The van der Waals surface area contributed by atoms with Crippen molar-refractivity contribution in [1.82, 2.24) is 4.98 Å². The largest absolute Gasteiger partial charge is 0.497 e. The van der Waals surface area contributed by atoms with Gasteiger partial charge in [0, 0.05) is 23.6 Å². The molecular weight excluding hydrogens is 274 g/mol. The number of aromatic nitrogens is 1. The summed E-state index contributed by atoms with van der Waals surface area (Å²) in [5.74, 6) is 2.59. The van der Waals surface area contributed by atoms with E-state index in [0.29, 0.717) is 6.42 Å². The summed E-state index contributed by atoms with van der Waals surface area (Å²) in [6.07, 6.45) is 2.79. The Bertz CT molecular complexity index is 486. The first kappa shape index (κ1) is 15.2. The van der Waals surface area contributed by atoms with Crippen molar-refractivity contribution in [2.75, 3.05) is 20.0 Å². The van der Waals surface area contributed by atoms with Crippen LogP contribution in [0.5, 0.6) is 5.75 Å². The van der Waals surface area contributed by atoms with E-state index in [1.165, 1.54) is 7.11 Å². The lowest BCUT2D eigenvalue weighted by molar-refractivity contribution is -0.141. The Kier molecular flexibility index (Phi) is 4.91. The maximum Gasteiger partial charge on any atom is 0.306 e. The van der Waals surface area contributed by atoms with Crippen LogP contribution in [0.4, 0.5) is 0 Å². The summed E-state index contributed by atoms with van der Waals surface area (Å²) in [6, 6.07) is 3.90. The van der Waals surface area contributed by atoms with Crippen LogP contribution >= 0.6 is 11.8 Å². The van der Waals surface area contributed by atoms with E-state index in [0.717, 1.165) is 41.5 Å². The number of carbonyl (C=O) groups excluding carboxylic acids is 1. The molecule has 2 rings (SSSR count). The molecule has 0 amide bonds. The second kappa shape index (κ2) is 6.48. The zero-order chi connectivity index (χ0) is 14.6. The van der Waals surface area contributed by atoms with E-state index in [1.807, 2.05) is 30.8 Å². The van der Waals surface area contributed by atoms with Crippen LogP contribution < -0.4 is 4.74 Å². The van der Waals surface area contributed by atoms with Crippen LogP contribution in [0, 0.1) is 12.3 Å². The fraction of sp³-hybridized carbons (Fsp3) is 0.600. The summed E-state index contributed by atoms with van der Waals surface area (Å²) in [5, 5.41) is 0. The normalized spacial score (nSPS) is 15.8. The molecule has 1 fully saturated rings. The lowest BCUT2D eigenvalue weighted by Gasteiger charge is -2.13. The minimum Gasteiger partial charge on any atom is -0.497 e. The van der Waals surface area contributed by atoms with Crippen molar-refractivity contribution in [3.05, 3.63) is 23.5 Å². The van der Waals surface area contributed by atoms with Gasteiger partial charge in [-0.3, -0.25) is 9.78 Å². The van der Waals surface area contributed by atoms with Gasteiger partial charge in [0.1, 0.15) is 5.75 Å². The number of rotatable bonds is 7. The van der Waals surface area contributed by atoms with Gasteiger partial charge < -0.3 is 9.47 Å². The van der Waals surface area contributed by atoms with Crippen LogP contribution in [0.1, 0.15) is 30.7 Å². The third kappa shape index (κ3) is 4.13. The van der Waals surface area contributed by atoms with E-state index in [1.54, 1.807) is 7.11 Å². The van der Waals surface area contributed by atoms with E-state index in [-0.39, 0.29) is 11.4 Å². The van der Waals surface area contributed by atoms with E-state index in [4.69, 9.17) is 9.47 Å². The smallest absolute Gasteiger partial charge is 0.306 e. The molecule has 1 heterocycles. The monoisotopic (exact) mass is 295 g/mol. The molecule has 1 aromatic rings. The zero-order valence-electron chi connectivity index (χ0n) is 12.3. The molecule has 0 atom stereocenters. The minimum absolute atomic E-state index is 0.0987. The molecule has 1 aromatic heterocycles. The van der Waals surface area contributed by atoms with Crippen molar-refractivity contribution in [3.63, 3.8) is 0 Å². The van der Waals surface area contributed by atoms with Gasteiger partial charge in [-0.2, -0.15) is 11.8 Å². The molecule has 5 heteroatoms.